The molecule has 2 atom stereocenters. The van der Waals surface area contributed by atoms with Crippen LogP contribution in [-0.2, 0) is 14.3 Å². The fourth-order valence-electron chi connectivity index (χ4n) is 11.3. The quantitative estimate of drug-likeness (QED) is 0.0320. The molecule has 0 aliphatic heterocycles. The zero-order chi connectivity index (χ0) is 58.5. The van der Waals surface area contributed by atoms with Crippen molar-refractivity contribution in [2.45, 2.75) is 405 Å². The molecule has 2 unspecified atom stereocenters. The van der Waals surface area contributed by atoms with Crippen LogP contribution >= 0.6 is 0 Å². The van der Waals surface area contributed by atoms with Crippen molar-refractivity contribution < 1.29 is 24.5 Å². The summed E-state index contributed by atoms with van der Waals surface area (Å²) in [6.07, 6.45) is 91.9. The van der Waals surface area contributed by atoms with Gasteiger partial charge >= 0.3 is 5.97 Å². The van der Waals surface area contributed by atoms with E-state index in [4.69, 9.17) is 4.74 Å². The number of aliphatic hydroxyl groups is 2. The number of allylic oxidation sites excluding steroid dienone is 7. The average molecular weight is 1140 g/mol. The van der Waals surface area contributed by atoms with Gasteiger partial charge < -0.3 is 20.3 Å². The monoisotopic (exact) mass is 1140 g/mol. The fourth-order valence-corrected chi connectivity index (χ4v) is 11.3. The van der Waals surface area contributed by atoms with Crippen LogP contribution in [0.3, 0.4) is 0 Å². The topological polar surface area (TPSA) is 95.9 Å². The molecule has 0 saturated carbocycles. The summed E-state index contributed by atoms with van der Waals surface area (Å²) in [5.41, 5.74) is 0. The van der Waals surface area contributed by atoms with Gasteiger partial charge in [-0.15, -0.1) is 0 Å². The van der Waals surface area contributed by atoms with Crippen molar-refractivity contribution in [3.05, 3.63) is 48.6 Å². The number of unbranched alkanes of at least 4 members (excludes halogenated alkanes) is 51. The highest BCUT2D eigenvalue weighted by molar-refractivity contribution is 5.76. The molecule has 0 spiro atoms. The van der Waals surface area contributed by atoms with Crippen molar-refractivity contribution in [1.82, 2.24) is 5.32 Å². The Morgan fingerprint density at radius 3 is 0.963 bits per heavy atom. The predicted octanol–water partition coefficient (Wildman–Crippen LogP) is 23.6. The number of amides is 1. The second-order valence-corrected chi connectivity index (χ2v) is 24.9. The molecule has 3 N–H and O–H groups in total. The molecule has 0 fully saturated rings. The van der Waals surface area contributed by atoms with E-state index in [-0.39, 0.29) is 18.5 Å². The lowest BCUT2D eigenvalue weighted by Gasteiger charge is -2.20. The Morgan fingerprint density at radius 2 is 0.617 bits per heavy atom. The third-order valence-electron chi connectivity index (χ3n) is 16.8. The number of aliphatic hydroxyl groups excluding tert-OH is 2. The van der Waals surface area contributed by atoms with Gasteiger partial charge in [0.05, 0.1) is 25.4 Å². The van der Waals surface area contributed by atoms with Crippen LogP contribution in [0.15, 0.2) is 48.6 Å². The summed E-state index contributed by atoms with van der Waals surface area (Å²) in [4.78, 5) is 24.6. The average Bonchev–Trinajstić information content (AvgIpc) is 3.47. The van der Waals surface area contributed by atoms with Gasteiger partial charge in [0.1, 0.15) is 0 Å². The Bertz CT molecular complexity index is 1360. The van der Waals surface area contributed by atoms with Crippen LogP contribution < -0.4 is 5.32 Å². The molecule has 476 valence electrons. The number of esters is 1. The number of nitrogens with one attached hydrogen (secondary N) is 1. The van der Waals surface area contributed by atoms with Gasteiger partial charge in [0, 0.05) is 12.8 Å². The lowest BCUT2D eigenvalue weighted by molar-refractivity contribution is -0.143. The molecule has 0 saturated heterocycles. The number of carbonyl (C=O) groups is 2. The molecule has 0 heterocycles. The van der Waals surface area contributed by atoms with E-state index in [0.29, 0.717) is 19.4 Å². The molecule has 0 aromatic heterocycles. The summed E-state index contributed by atoms with van der Waals surface area (Å²) in [6, 6.07) is -0.629. The zero-order valence-corrected chi connectivity index (χ0v) is 54.5. The molecule has 6 heteroatoms. The summed E-state index contributed by atoms with van der Waals surface area (Å²) < 4.78 is 5.49. The molecule has 81 heavy (non-hydrogen) atoms. The first-order valence-corrected chi connectivity index (χ1v) is 36.4. The fraction of sp³-hybridized carbons (Fsp3) is 0.867. The maximum Gasteiger partial charge on any atom is 0.305 e. The van der Waals surface area contributed by atoms with Gasteiger partial charge in [-0.1, -0.05) is 339 Å². The minimum absolute atomic E-state index is 0.00223. The normalized spacial score (nSPS) is 12.8. The van der Waals surface area contributed by atoms with Crippen molar-refractivity contribution in [3.63, 3.8) is 0 Å². The van der Waals surface area contributed by atoms with Crippen LogP contribution in [0.4, 0.5) is 0 Å². The Morgan fingerprint density at radius 1 is 0.346 bits per heavy atom. The van der Waals surface area contributed by atoms with Crippen LogP contribution in [-0.4, -0.2) is 47.4 Å². The second kappa shape index (κ2) is 70.3. The minimum Gasteiger partial charge on any atom is -0.466 e. The van der Waals surface area contributed by atoms with Crippen LogP contribution in [0.1, 0.15) is 393 Å². The standard InChI is InChI=1S/C75H141NO5/c1-3-5-7-9-11-13-15-17-19-21-22-33-36-39-43-47-51-55-59-63-67-73(78)72(71-77)76-74(79)68-64-60-56-52-48-44-40-37-34-31-29-27-25-23-24-26-28-30-32-35-38-42-46-50-54-58-62-66-70-81-75(80)69-65-61-57-53-49-45-41-20-18-16-14-12-10-8-6-4-2/h14,16,20,23-24,41,63,67,72-73,77-78H,3-13,15,17-19,21-22,25-40,42-62,64-66,68-71H2,1-2H3,(H,76,79)/b16-14-,24-23-,41-20-,67-63+. The Labute approximate surface area is 506 Å². The second-order valence-electron chi connectivity index (χ2n) is 24.9. The predicted molar refractivity (Wildman–Crippen MR) is 356 cm³/mol. The largest absolute Gasteiger partial charge is 0.466 e. The molecule has 0 aromatic rings. The van der Waals surface area contributed by atoms with E-state index in [1.54, 1.807) is 6.08 Å². The maximum atomic E-state index is 12.5. The van der Waals surface area contributed by atoms with Gasteiger partial charge in [0.25, 0.3) is 0 Å². The van der Waals surface area contributed by atoms with Crippen molar-refractivity contribution in [1.29, 1.82) is 0 Å². The molecular formula is C75H141NO5. The first-order valence-electron chi connectivity index (χ1n) is 36.4. The van der Waals surface area contributed by atoms with Gasteiger partial charge in [-0.05, 0) is 89.9 Å². The van der Waals surface area contributed by atoms with Crippen LogP contribution in [0, 0.1) is 0 Å². The maximum absolute atomic E-state index is 12.5. The summed E-state index contributed by atoms with van der Waals surface area (Å²) >= 11 is 0. The Kier molecular flexibility index (Phi) is 68.4. The molecular weight excluding hydrogens is 995 g/mol. The lowest BCUT2D eigenvalue weighted by Crippen LogP contribution is -2.45. The number of rotatable bonds is 68. The van der Waals surface area contributed by atoms with Gasteiger partial charge in [0.2, 0.25) is 5.91 Å². The van der Waals surface area contributed by atoms with E-state index in [9.17, 15) is 19.8 Å². The van der Waals surface area contributed by atoms with E-state index < -0.39 is 12.1 Å². The zero-order valence-electron chi connectivity index (χ0n) is 54.5. The molecule has 0 bridgehead atoms. The van der Waals surface area contributed by atoms with Gasteiger partial charge in [-0.2, -0.15) is 0 Å². The highest BCUT2D eigenvalue weighted by Gasteiger charge is 2.18. The van der Waals surface area contributed by atoms with Gasteiger partial charge in [-0.25, -0.2) is 0 Å². The lowest BCUT2D eigenvalue weighted by atomic mass is 10.0. The Hall–Kier alpha value is -2.18. The molecule has 0 aromatic carbocycles. The summed E-state index contributed by atoms with van der Waals surface area (Å²) in [5, 5.41) is 23.2. The van der Waals surface area contributed by atoms with Crippen LogP contribution in [0.2, 0.25) is 0 Å². The molecule has 1 amide bonds. The third-order valence-corrected chi connectivity index (χ3v) is 16.8. The van der Waals surface area contributed by atoms with E-state index >= 15 is 0 Å². The molecule has 6 nitrogen and oxygen atoms in total. The van der Waals surface area contributed by atoms with Crippen molar-refractivity contribution >= 4 is 11.9 Å². The Balaban J connectivity index is 3.41. The molecule has 0 aliphatic rings. The third kappa shape index (κ3) is 66.8. The minimum atomic E-state index is -0.846. The van der Waals surface area contributed by atoms with E-state index in [2.05, 4.69) is 55.6 Å². The summed E-state index contributed by atoms with van der Waals surface area (Å²) in [7, 11) is 0. The SMILES string of the molecule is CCCCCC/C=C\C/C=C\CCCCCCCC(=O)OCCCCCCCCCCCCCC/C=C\CCCCCCCCCCCCCCC(=O)NC(CO)C(O)/C=C/CCCCCCCCCCCCCCCCCCCC. The summed E-state index contributed by atoms with van der Waals surface area (Å²) in [5.74, 6) is -0.0626. The first kappa shape index (κ1) is 78.8. The molecule has 0 radical (unpaired) electrons. The van der Waals surface area contributed by atoms with Gasteiger partial charge in [-0.3, -0.25) is 9.59 Å². The van der Waals surface area contributed by atoms with Crippen LogP contribution in [0.5, 0.6) is 0 Å². The van der Waals surface area contributed by atoms with Crippen molar-refractivity contribution in [2.24, 2.45) is 0 Å². The number of hydrogen-bond acceptors (Lipinski definition) is 5. The van der Waals surface area contributed by atoms with Crippen molar-refractivity contribution in [2.75, 3.05) is 13.2 Å². The number of carbonyl (C=O) groups excluding carboxylic acids is 2. The smallest absolute Gasteiger partial charge is 0.305 e. The number of hydrogen-bond donors (Lipinski definition) is 3. The molecule has 0 rings (SSSR count). The summed E-state index contributed by atoms with van der Waals surface area (Å²) in [6.45, 7) is 4.91. The highest BCUT2D eigenvalue weighted by Crippen LogP contribution is 2.18. The van der Waals surface area contributed by atoms with E-state index in [0.717, 1.165) is 51.4 Å². The number of ether oxygens (including phenoxy) is 1. The van der Waals surface area contributed by atoms with E-state index in [1.165, 1.54) is 315 Å². The van der Waals surface area contributed by atoms with E-state index in [1.807, 2.05) is 6.08 Å². The molecule has 0 aliphatic carbocycles. The van der Waals surface area contributed by atoms with Gasteiger partial charge in [0.15, 0.2) is 0 Å². The highest BCUT2D eigenvalue weighted by atomic mass is 16.5. The first-order chi connectivity index (χ1) is 40.0. The van der Waals surface area contributed by atoms with Crippen LogP contribution in [0.25, 0.3) is 0 Å². The van der Waals surface area contributed by atoms with Crippen molar-refractivity contribution in [3.8, 4) is 0 Å².